The largest absolute Gasteiger partial charge is 0.331 e. The minimum absolute atomic E-state index is 0.0475. The third-order valence-corrected chi connectivity index (χ3v) is 4.29. The Labute approximate surface area is 137 Å². The molecule has 0 heterocycles. The lowest BCUT2D eigenvalue weighted by Crippen LogP contribution is -2.44. The Morgan fingerprint density at radius 1 is 1.13 bits per heavy atom. The van der Waals surface area contributed by atoms with Gasteiger partial charge in [-0.1, -0.05) is 31.4 Å². The van der Waals surface area contributed by atoms with E-state index in [0.717, 1.165) is 25.7 Å². The van der Waals surface area contributed by atoms with E-state index in [1.54, 1.807) is 29.2 Å². The molecule has 1 aromatic rings. The third-order valence-electron chi connectivity index (χ3n) is 4.29. The molecule has 0 atom stereocenters. The molecule has 5 heteroatoms. The van der Waals surface area contributed by atoms with E-state index in [1.807, 2.05) is 0 Å². The number of carbonyl (C=O) groups is 3. The number of hydrogen-bond acceptors (Lipinski definition) is 3. The van der Waals surface area contributed by atoms with Crippen LogP contribution < -0.4 is 5.32 Å². The van der Waals surface area contributed by atoms with Gasteiger partial charge in [-0.25, -0.2) is 0 Å². The van der Waals surface area contributed by atoms with Crippen LogP contribution in [-0.2, 0) is 9.59 Å². The van der Waals surface area contributed by atoms with Crippen molar-refractivity contribution in [3.8, 4) is 0 Å². The quantitative estimate of drug-likeness (QED) is 0.849. The maximum absolute atomic E-state index is 12.3. The molecule has 0 aliphatic heterocycles. The summed E-state index contributed by atoms with van der Waals surface area (Å²) in [5, 5.41) is 2.78. The fourth-order valence-electron chi connectivity index (χ4n) is 3.06. The van der Waals surface area contributed by atoms with Crippen LogP contribution in [0.2, 0.25) is 0 Å². The first-order valence-electron chi connectivity index (χ1n) is 8.15. The van der Waals surface area contributed by atoms with Gasteiger partial charge in [-0.05, 0) is 31.9 Å². The molecule has 124 valence electrons. The second-order valence-corrected chi connectivity index (χ2v) is 6.12. The lowest BCUT2D eigenvalue weighted by Gasteiger charge is -2.33. The van der Waals surface area contributed by atoms with Crippen molar-refractivity contribution >= 4 is 23.3 Å². The second kappa shape index (κ2) is 7.90. The number of ketones is 1. The lowest BCUT2D eigenvalue weighted by molar-refractivity contribution is -0.135. The summed E-state index contributed by atoms with van der Waals surface area (Å²) in [6.07, 6.45) is 5.35. The van der Waals surface area contributed by atoms with E-state index in [-0.39, 0.29) is 30.2 Å². The molecule has 1 saturated carbocycles. The molecule has 23 heavy (non-hydrogen) atoms. The normalized spacial score (nSPS) is 15.0. The predicted molar refractivity (Wildman–Crippen MR) is 89.3 cm³/mol. The smallest absolute Gasteiger partial charge is 0.244 e. The van der Waals surface area contributed by atoms with Gasteiger partial charge < -0.3 is 10.2 Å². The van der Waals surface area contributed by atoms with Gasteiger partial charge in [0, 0.05) is 24.2 Å². The van der Waals surface area contributed by atoms with Gasteiger partial charge in [-0.2, -0.15) is 0 Å². The van der Waals surface area contributed by atoms with Crippen molar-refractivity contribution < 1.29 is 14.4 Å². The zero-order valence-electron chi connectivity index (χ0n) is 13.8. The minimum atomic E-state index is -0.230. The number of nitrogens with one attached hydrogen (secondary N) is 1. The van der Waals surface area contributed by atoms with Crippen LogP contribution in [0.25, 0.3) is 0 Å². The van der Waals surface area contributed by atoms with Gasteiger partial charge in [0.15, 0.2) is 5.78 Å². The van der Waals surface area contributed by atoms with Gasteiger partial charge in [0.2, 0.25) is 11.8 Å². The average Bonchev–Trinajstić information content (AvgIpc) is 2.53. The molecule has 1 aromatic carbocycles. The van der Waals surface area contributed by atoms with Crippen molar-refractivity contribution in [2.24, 2.45) is 0 Å². The van der Waals surface area contributed by atoms with E-state index < -0.39 is 0 Å². The van der Waals surface area contributed by atoms with Crippen molar-refractivity contribution in [3.05, 3.63) is 29.8 Å². The van der Waals surface area contributed by atoms with Gasteiger partial charge in [0.05, 0.1) is 0 Å². The Balaban J connectivity index is 2.00. The van der Waals surface area contributed by atoms with Crippen molar-refractivity contribution in [2.75, 3.05) is 11.9 Å². The number of amides is 2. The number of benzene rings is 1. The van der Waals surface area contributed by atoms with Crippen LogP contribution in [0.4, 0.5) is 5.69 Å². The van der Waals surface area contributed by atoms with E-state index >= 15 is 0 Å². The van der Waals surface area contributed by atoms with E-state index in [2.05, 4.69) is 5.32 Å². The van der Waals surface area contributed by atoms with Gasteiger partial charge in [0.25, 0.3) is 0 Å². The lowest BCUT2D eigenvalue weighted by atomic mass is 9.94. The summed E-state index contributed by atoms with van der Waals surface area (Å²) in [4.78, 5) is 37.2. The first kappa shape index (κ1) is 17.2. The Morgan fingerprint density at radius 3 is 2.43 bits per heavy atom. The van der Waals surface area contributed by atoms with Crippen molar-refractivity contribution in [1.82, 2.24) is 4.90 Å². The van der Waals surface area contributed by atoms with Crippen LogP contribution in [0, 0.1) is 0 Å². The molecule has 2 amide bonds. The van der Waals surface area contributed by atoms with Gasteiger partial charge >= 0.3 is 0 Å². The molecule has 0 radical (unpaired) electrons. The summed E-state index contributed by atoms with van der Waals surface area (Å²) in [6.45, 7) is 3.06. The van der Waals surface area contributed by atoms with Gasteiger partial charge in [0.1, 0.15) is 6.54 Å². The highest BCUT2D eigenvalue weighted by Crippen LogP contribution is 2.22. The van der Waals surface area contributed by atoms with Gasteiger partial charge in [-0.15, -0.1) is 0 Å². The van der Waals surface area contributed by atoms with E-state index in [1.165, 1.54) is 20.3 Å². The Hall–Kier alpha value is -2.17. The molecule has 0 bridgehead atoms. The molecule has 0 saturated heterocycles. The van der Waals surface area contributed by atoms with Crippen LogP contribution >= 0.6 is 0 Å². The topological polar surface area (TPSA) is 66.5 Å². The van der Waals surface area contributed by atoms with Crippen LogP contribution in [-0.4, -0.2) is 35.1 Å². The van der Waals surface area contributed by atoms with Gasteiger partial charge in [-0.3, -0.25) is 14.4 Å². The second-order valence-electron chi connectivity index (χ2n) is 6.12. The standard InChI is InChI=1S/C18H24N2O3/c1-13(21)15-7-6-8-16(11-15)19-18(23)12-20(14(2)22)17-9-4-3-5-10-17/h6-8,11,17H,3-5,9-10,12H2,1-2H3,(H,19,23). The summed E-state index contributed by atoms with van der Waals surface area (Å²) >= 11 is 0. The van der Waals surface area contributed by atoms with Crippen LogP contribution in [0.1, 0.15) is 56.3 Å². The SMILES string of the molecule is CC(=O)c1cccc(NC(=O)CN(C(C)=O)C2CCCCC2)c1. The Kier molecular flexibility index (Phi) is 5.90. The van der Waals surface area contributed by atoms with E-state index in [0.29, 0.717) is 11.3 Å². The summed E-state index contributed by atoms with van der Waals surface area (Å²) < 4.78 is 0. The summed E-state index contributed by atoms with van der Waals surface area (Å²) in [7, 11) is 0. The molecular weight excluding hydrogens is 292 g/mol. The van der Waals surface area contributed by atoms with Crippen molar-refractivity contribution in [1.29, 1.82) is 0 Å². The first-order valence-corrected chi connectivity index (χ1v) is 8.15. The minimum Gasteiger partial charge on any atom is -0.331 e. The predicted octanol–water partition coefficient (Wildman–Crippen LogP) is 3.01. The molecule has 5 nitrogen and oxygen atoms in total. The monoisotopic (exact) mass is 316 g/mol. The summed E-state index contributed by atoms with van der Waals surface area (Å²) in [6, 6.07) is 7.00. The van der Waals surface area contributed by atoms with E-state index in [4.69, 9.17) is 0 Å². The number of carbonyl (C=O) groups excluding carboxylic acids is 3. The fourth-order valence-corrected chi connectivity index (χ4v) is 3.06. The average molecular weight is 316 g/mol. The third kappa shape index (κ3) is 4.91. The Bertz CT molecular complexity index is 592. The number of rotatable bonds is 5. The zero-order chi connectivity index (χ0) is 16.8. The molecule has 0 spiro atoms. The molecule has 2 rings (SSSR count). The molecule has 0 aromatic heterocycles. The van der Waals surface area contributed by atoms with Crippen LogP contribution in [0.15, 0.2) is 24.3 Å². The molecular formula is C18H24N2O3. The first-order chi connectivity index (χ1) is 11.0. The van der Waals surface area contributed by atoms with E-state index in [9.17, 15) is 14.4 Å². The molecule has 1 N–H and O–H groups in total. The highest BCUT2D eigenvalue weighted by atomic mass is 16.2. The van der Waals surface area contributed by atoms with Crippen LogP contribution in [0.3, 0.4) is 0 Å². The zero-order valence-corrected chi connectivity index (χ0v) is 13.8. The highest BCUT2D eigenvalue weighted by Gasteiger charge is 2.25. The summed E-state index contributed by atoms with van der Waals surface area (Å²) in [5.41, 5.74) is 1.13. The van der Waals surface area contributed by atoms with Crippen LogP contribution in [0.5, 0.6) is 0 Å². The van der Waals surface area contributed by atoms with Crippen molar-refractivity contribution in [2.45, 2.75) is 52.0 Å². The fraction of sp³-hybridized carbons (Fsp3) is 0.500. The number of hydrogen-bond donors (Lipinski definition) is 1. The number of nitrogens with zero attached hydrogens (tertiary/aromatic N) is 1. The molecule has 1 fully saturated rings. The molecule has 1 aliphatic carbocycles. The summed E-state index contributed by atoms with van der Waals surface area (Å²) in [5.74, 6) is -0.343. The van der Waals surface area contributed by atoms with Crippen molar-refractivity contribution in [3.63, 3.8) is 0 Å². The number of anilines is 1. The maximum Gasteiger partial charge on any atom is 0.244 e. The number of Topliss-reactive ketones (excluding diaryl/α,β-unsaturated/α-hetero) is 1. The molecule has 1 aliphatic rings. The maximum atomic E-state index is 12.3. The molecule has 0 unspecified atom stereocenters. The Morgan fingerprint density at radius 2 is 1.83 bits per heavy atom. The highest BCUT2D eigenvalue weighted by molar-refractivity contribution is 5.98.